The van der Waals surface area contributed by atoms with Crippen LogP contribution in [0.5, 0.6) is 0 Å². The van der Waals surface area contributed by atoms with Crippen LogP contribution in [0.3, 0.4) is 0 Å². The lowest BCUT2D eigenvalue weighted by atomic mass is 9.94. The van der Waals surface area contributed by atoms with Gasteiger partial charge in [-0.1, -0.05) is 30.3 Å². The van der Waals surface area contributed by atoms with Crippen molar-refractivity contribution in [2.45, 2.75) is 52.0 Å². The Bertz CT molecular complexity index is 637. The van der Waals surface area contributed by atoms with Crippen LogP contribution in [0.25, 0.3) is 0 Å². The Morgan fingerprint density at radius 1 is 1.11 bits per heavy atom. The van der Waals surface area contributed by atoms with Crippen LogP contribution in [0.2, 0.25) is 0 Å². The maximum atomic E-state index is 12.8. The Labute approximate surface area is 161 Å². The fourth-order valence-corrected chi connectivity index (χ4v) is 3.50. The number of carbonyl (C=O) groups is 3. The first-order valence-corrected chi connectivity index (χ1v) is 9.72. The van der Waals surface area contributed by atoms with Crippen molar-refractivity contribution >= 4 is 17.8 Å². The van der Waals surface area contributed by atoms with Crippen molar-refractivity contribution in [3.63, 3.8) is 0 Å². The van der Waals surface area contributed by atoms with E-state index in [0.29, 0.717) is 32.4 Å². The third-order valence-corrected chi connectivity index (χ3v) is 5.14. The fraction of sp³-hybridized carbons (Fsp3) is 0.571. The molecule has 0 aromatic heterocycles. The van der Waals surface area contributed by atoms with Crippen LogP contribution in [0, 0.1) is 5.92 Å². The van der Waals surface area contributed by atoms with Crippen molar-refractivity contribution in [1.82, 2.24) is 9.80 Å². The number of aliphatic carboxylic acids is 1. The lowest BCUT2D eigenvalue weighted by Crippen LogP contribution is -2.47. The first kappa shape index (κ1) is 20.9. The second-order valence-corrected chi connectivity index (χ2v) is 7.41. The Balaban J connectivity index is 1.81. The second-order valence-electron chi connectivity index (χ2n) is 7.41. The lowest BCUT2D eigenvalue weighted by molar-refractivity contribution is -0.144. The smallest absolute Gasteiger partial charge is 0.305 e. The largest absolute Gasteiger partial charge is 0.481 e. The maximum absolute atomic E-state index is 12.8. The first-order valence-electron chi connectivity index (χ1n) is 9.72. The van der Waals surface area contributed by atoms with E-state index in [1.54, 1.807) is 4.90 Å². The van der Waals surface area contributed by atoms with E-state index in [1.165, 1.54) is 0 Å². The summed E-state index contributed by atoms with van der Waals surface area (Å²) in [5.74, 6) is -0.870. The molecule has 2 amide bonds. The minimum absolute atomic E-state index is 0.0163. The van der Waals surface area contributed by atoms with E-state index in [2.05, 4.69) is 0 Å². The number of rotatable bonds is 8. The number of benzene rings is 1. The van der Waals surface area contributed by atoms with E-state index in [0.717, 1.165) is 12.0 Å². The van der Waals surface area contributed by atoms with E-state index < -0.39 is 5.97 Å². The van der Waals surface area contributed by atoms with Crippen LogP contribution < -0.4 is 0 Å². The number of hydrogen-bond acceptors (Lipinski definition) is 3. The molecular formula is C21H30N2O4. The predicted octanol–water partition coefficient (Wildman–Crippen LogP) is 2.57. The summed E-state index contributed by atoms with van der Waals surface area (Å²) >= 11 is 0. The van der Waals surface area contributed by atoms with Gasteiger partial charge in [0.15, 0.2) is 0 Å². The zero-order valence-electron chi connectivity index (χ0n) is 16.3. The third kappa shape index (κ3) is 6.38. The quantitative estimate of drug-likeness (QED) is 0.759. The second kappa shape index (κ2) is 10.1. The summed E-state index contributed by atoms with van der Waals surface area (Å²) in [6.07, 6.45) is 2.47. The number of amides is 2. The Morgan fingerprint density at radius 2 is 1.74 bits per heavy atom. The molecule has 0 radical (unpaired) electrons. The summed E-state index contributed by atoms with van der Waals surface area (Å²) in [5.41, 5.74) is 1.15. The topological polar surface area (TPSA) is 77.9 Å². The Kier molecular flexibility index (Phi) is 7.82. The molecule has 0 bridgehead atoms. The molecule has 0 atom stereocenters. The van der Waals surface area contributed by atoms with Gasteiger partial charge in [-0.15, -0.1) is 0 Å². The van der Waals surface area contributed by atoms with E-state index in [-0.39, 0.29) is 36.7 Å². The molecule has 1 N–H and O–H groups in total. The molecule has 6 heteroatoms. The summed E-state index contributed by atoms with van der Waals surface area (Å²) in [6.45, 7) is 5.23. The predicted molar refractivity (Wildman–Crippen MR) is 103 cm³/mol. The van der Waals surface area contributed by atoms with Crippen LogP contribution in [0.15, 0.2) is 30.3 Å². The molecule has 1 aliphatic heterocycles. The van der Waals surface area contributed by atoms with E-state index in [1.807, 2.05) is 49.1 Å². The van der Waals surface area contributed by atoms with Crippen molar-refractivity contribution < 1.29 is 19.5 Å². The van der Waals surface area contributed by atoms with Crippen molar-refractivity contribution in [1.29, 1.82) is 0 Å². The highest BCUT2D eigenvalue weighted by atomic mass is 16.4. The summed E-state index contributed by atoms with van der Waals surface area (Å²) in [4.78, 5) is 39.5. The van der Waals surface area contributed by atoms with E-state index in [4.69, 9.17) is 5.11 Å². The van der Waals surface area contributed by atoms with Crippen LogP contribution in [-0.2, 0) is 20.8 Å². The van der Waals surface area contributed by atoms with Gasteiger partial charge in [-0.05, 0) is 38.7 Å². The molecule has 148 valence electrons. The number of aryl methyl sites for hydroxylation is 1. The van der Waals surface area contributed by atoms with Crippen LogP contribution in [0.1, 0.15) is 45.1 Å². The first-order chi connectivity index (χ1) is 12.9. The third-order valence-electron chi connectivity index (χ3n) is 5.14. The summed E-state index contributed by atoms with van der Waals surface area (Å²) in [7, 11) is 0. The Hall–Kier alpha value is -2.37. The van der Waals surface area contributed by atoms with Gasteiger partial charge in [-0.25, -0.2) is 0 Å². The monoisotopic (exact) mass is 374 g/mol. The van der Waals surface area contributed by atoms with Gasteiger partial charge in [-0.2, -0.15) is 0 Å². The molecule has 1 saturated heterocycles. The average Bonchev–Trinajstić information content (AvgIpc) is 2.66. The highest BCUT2D eigenvalue weighted by Gasteiger charge is 2.31. The maximum Gasteiger partial charge on any atom is 0.305 e. The zero-order valence-corrected chi connectivity index (χ0v) is 16.3. The number of likely N-dealkylation sites (tertiary alicyclic amines) is 1. The van der Waals surface area contributed by atoms with E-state index >= 15 is 0 Å². The molecule has 6 nitrogen and oxygen atoms in total. The van der Waals surface area contributed by atoms with Crippen LogP contribution >= 0.6 is 0 Å². The van der Waals surface area contributed by atoms with Crippen LogP contribution in [-0.4, -0.2) is 58.4 Å². The summed E-state index contributed by atoms with van der Waals surface area (Å²) < 4.78 is 0. The Morgan fingerprint density at radius 3 is 2.30 bits per heavy atom. The molecular weight excluding hydrogens is 344 g/mol. The molecule has 1 aromatic rings. The molecule has 27 heavy (non-hydrogen) atoms. The molecule has 2 rings (SSSR count). The average molecular weight is 374 g/mol. The van der Waals surface area contributed by atoms with Crippen molar-refractivity contribution in [2.24, 2.45) is 5.92 Å². The lowest BCUT2D eigenvalue weighted by Gasteiger charge is -2.35. The van der Waals surface area contributed by atoms with Gasteiger partial charge in [0, 0.05) is 38.0 Å². The highest BCUT2D eigenvalue weighted by Crippen LogP contribution is 2.22. The van der Waals surface area contributed by atoms with Gasteiger partial charge >= 0.3 is 5.97 Å². The molecule has 0 saturated carbocycles. The normalized spacial score (nSPS) is 15.0. The molecule has 0 spiro atoms. The number of hydrogen-bond donors (Lipinski definition) is 1. The van der Waals surface area contributed by atoms with E-state index in [9.17, 15) is 14.4 Å². The zero-order chi connectivity index (χ0) is 19.8. The highest BCUT2D eigenvalue weighted by molar-refractivity contribution is 5.81. The molecule has 1 aliphatic rings. The van der Waals surface area contributed by atoms with Gasteiger partial charge in [-0.3, -0.25) is 14.4 Å². The van der Waals surface area contributed by atoms with Gasteiger partial charge in [0.2, 0.25) is 11.8 Å². The SMILES string of the molecule is CC(C)N(CCC(=O)O)C(=O)C1CCN(C(=O)CCc2ccccc2)CC1. The van der Waals surface area contributed by atoms with Crippen molar-refractivity contribution in [3.8, 4) is 0 Å². The number of piperidine rings is 1. The molecule has 0 aliphatic carbocycles. The minimum Gasteiger partial charge on any atom is -0.481 e. The molecule has 1 aromatic carbocycles. The van der Waals surface area contributed by atoms with Gasteiger partial charge in [0.25, 0.3) is 0 Å². The summed E-state index contributed by atoms with van der Waals surface area (Å²) in [5, 5.41) is 8.88. The van der Waals surface area contributed by atoms with Gasteiger partial charge in [0.05, 0.1) is 6.42 Å². The van der Waals surface area contributed by atoms with Gasteiger partial charge in [0.1, 0.15) is 0 Å². The number of carboxylic acid groups (broad SMARTS) is 1. The van der Waals surface area contributed by atoms with Gasteiger partial charge < -0.3 is 14.9 Å². The number of carboxylic acids is 1. The van der Waals surface area contributed by atoms with Crippen molar-refractivity contribution in [2.75, 3.05) is 19.6 Å². The molecule has 1 fully saturated rings. The van der Waals surface area contributed by atoms with Crippen molar-refractivity contribution in [3.05, 3.63) is 35.9 Å². The molecule has 1 heterocycles. The summed E-state index contributed by atoms with van der Waals surface area (Å²) in [6, 6.07) is 9.93. The standard InChI is InChI=1S/C21H30N2O4/c1-16(2)23(15-12-20(25)26)21(27)18-10-13-22(14-11-18)19(24)9-8-17-6-4-3-5-7-17/h3-7,16,18H,8-15H2,1-2H3,(H,25,26). The minimum atomic E-state index is -0.896. The fourth-order valence-electron chi connectivity index (χ4n) is 3.50. The van der Waals surface area contributed by atoms with Crippen LogP contribution in [0.4, 0.5) is 0 Å². The number of carbonyl (C=O) groups excluding carboxylic acids is 2. The number of nitrogens with zero attached hydrogens (tertiary/aromatic N) is 2. The molecule has 0 unspecified atom stereocenters.